The summed E-state index contributed by atoms with van der Waals surface area (Å²) in [5.74, 6) is 0.446. The Morgan fingerprint density at radius 1 is 1.16 bits per heavy atom. The highest BCUT2D eigenvalue weighted by Gasteiger charge is 2.18. The Kier molecular flexibility index (Phi) is 5.27. The van der Waals surface area contributed by atoms with Gasteiger partial charge < -0.3 is 25.1 Å². The van der Waals surface area contributed by atoms with E-state index in [0.29, 0.717) is 28.3 Å². The fraction of sp³-hybridized carbons (Fsp3) is 0.190. The smallest absolute Gasteiger partial charge is 0.321 e. The van der Waals surface area contributed by atoms with Crippen LogP contribution in [0.15, 0.2) is 48.8 Å². The van der Waals surface area contributed by atoms with Gasteiger partial charge in [-0.2, -0.15) is 0 Å². The Bertz CT molecular complexity index is 1210. The van der Waals surface area contributed by atoms with E-state index in [1.54, 1.807) is 12.1 Å². The van der Waals surface area contributed by atoms with E-state index in [2.05, 4.69) is 30.6 Å². The molecule has 1 aliphatic rings. The molecule has 1 fully saturated rings. The van der Waals surface area contributed by atoms with Gasteiger partial charge in [0.1, 0.15) is 11.6 Å². The highest BCUT2D eigenvalue weighted by molar-refractivity contribution is 6.30. The summed E-state index contributed by atoms with van der Waals surface area (Å²) in [4.78, 5) is 15.6. The van der Waals surface area contributed by atoms with Crippen molar-refractivity contribution in [3.8, 4) is 11.8 Å². The van der Waals surface area contributed by atoms with Crippen LogP contribution in [0.4, 0.5) is 16.0 Å². The standard InChI is InChI=1S/C21H18ClFN6O2/c22-13-8-25-21(26-9-13)31-16-3-1-12(17(23)6-16)7-24-20-28-18-4-2-14(5-19(18)29-20)27-15-10-30-11-15/h1-6,8-9,15,27H,7,10-11H2,(H2,24,28,29). The van der Waals surface area contributed by atoms with E-state index in [9.17, 15) is 4.39 Å². The summed E-state index contributed by atoms with van der Waals surface area (Å²) in [7, 11) is 0. The molecule has 0 amide bonds. The third kappa shape index (κ3) is 4.52. The first-order valence-corrected chi connectivity index (χ1v) is 10.0. The van der Waals surface area contributed by atoms with Crippen molar-refractivity contribution in [1.29, 1.82) is 0 Å². The number of benzene rings is 2. The van der Waals surface area contributed by atoms with Crippen molar-refractivity contribution in [1.82, 2.24) is 19.9 Å². The molecule has 3 N–H and O–H groups in total. The zero-order valence-corrected chi connectivity index (χ0v) is 17.0. The molecule has 2 aromatic carbocycles. The molecular weight excluding hydrogens is 423 g/mol. The van der Waals surface area contributed by atoms with Gasteiger partial charge in [0.15, 0.2) is 0 Å². The lowest BCUT2D eigenvalue weighted by Gasteiger charge is -2.27. The summed E-state index contributed by atoms with van der Waals surface area (Å²) in [5, 5.41) is 6.92. The highest BCUT2D eigenvalue weighted by Crippen LogP contribution is 2.23. The van der Waals surface area contributed by atoms with Crippen LogP contribution in [0.1, 0.15) is 5.56 Å². The number of aromatic amines is 1. The molecule has 0 unspecified atom stereocenters. The molecule has 0 aliphatic carbocycles. The predicted octanol–water partition coefficient (Wildman–Crippen LogP) is 4.36. The van der Waals surface area contributed by atoms with E-state index in [-0.39, 0.29) is 12.6 Å². The van der Waals surface area contributed by atoms with Crippen LogP contribution in [-0.4, -0.2) is 39.2 Å². The van der Waals surface area contributed by atoms with Crippen LogP contribution in [0.2, 0.25) is 5.02 Å². The lowest BCUT2D eigenvalue weighted by Crippen LogP contribution is -2.40. The normalized spacial score (nSPS) is 13.7. The van der Waals surface area contributed by atoms with Crippen molar-refractivity contribution in [3.63, 3.8) is 0 Å². The number of halogens is 2. The molecule has 10 heteroatoms. The molecule has 0 radical (unpaired) electrons. The van der Waals surface area contributed by atoms with Crippen LogP contribution < -0.4 is 15.4 Å². The van der Waals surface area contributed by atoms with E-state index < -0.39 is 5.82 Å². The van der Waals surface area contributed by atoms with Crippen molar-refractivity contribution in [2.45, 2.75) is 12.6 Å². The highest BCUT2D eigenvalue weighted by atomic mass is 35.5. The van der Waals surface area contributed by atoms with E-state index in [1.807, 2.05) is 18.2 Å². The predicted molar refractivity (Wildman–Crippen MR) is 115 cm³/mol. The number of hydrogen-bond acceptors (Lipinski definition) is 7. The second-order valence-corrected chi connectivity index (χ2v) is 7.53. The third-order valence-electron chi connectivity index (χ3n) is 4.77. The largest absolute Gasteiger partial charge is 0.424 e. The van der Waals surface area contributed by atoms with Crippen molar-refractivity contribution in [2.75, 3.05) is 23.8 Å². The van der Waals surface area contributed by atoms with Crippen molar-refractivity contribution in [3.05, 3.63) is 65.2 Å². The third-order valence-corrected chi connectivity index (χ3v) is 4.96. The maximum absolute atomic E-state index is 14.5. The minimum absolute atomic E-state index is 0.0932. The molecule has 1 saturated heterocycles. The molecule has 1 aliphatic heterocycles. The SMILES string of the molecule is Fc1cc(Oc2ncc(Cl)cn2)ccc1CNc1nc2ccc(NC3COC3)cc2[nH]1. The van der Waals surface area contributed by atoms with Gasteiger partial charge in [-0.1, -0.05) is 17.7 Å². The summed E-state index contributed by atoms with van der Waals surface area (Å²) < 4.78 is 25.1. The van der Waals surface area contributed by atoms with Crippen molar-refractivity contribution >= 4 is 34.3 Å². The number of anilines is 2. The molecule has 0 saturated carbocycles. The van der Waals surface area contributed by atoms with Gasteiger partial charge in [-0.15, -0.1) is 0 Å². The Morgan fingerprint density at radius 3 is 2.74 bits per heavy atom. The van der Waals surface area contributed by atoms with Gasteiger partial charge in [-0.3, -0.25) is 0 Å². The first-order valence-electron chi connectivity index (χ1n) is 9.64. The van der Waals surface area contributed by atoms with Gasteiger partial charge in [0.2, 0.25) is 5.95 Å². The van der Waals surface area contributed by atoms with E-state index >= 15 is 0 Å². The number of hydrogen-bond donors (Lipinski definition) is 3. The monoisotopic (exact) mass is 440 g/mol. The second-order valence-electron chi connectivity index (χ2n) is 7.09. The summed E-state index contributed by atoms with van der Waals surface area (Å²) in [6, 6.07) is 10.9. The number of imidazole rings is 1. The van der Waals surface area contributed by atoms with Gasteiger partial charge in [-0.05, 0) is 24.3 Å². The number of fused-ring (bicyclic) bond motifs is 1. The van der Waals surface area contributed by atoms with Gasteiger partial charge in [0, 0.05) is 23.9 Å². The molecule has 5 rings (SSSR count). The quantitative estimate of drug-likeness (QED) is 0.393. The van der Waals surface area contributed by atoms with Crippen LogP contribution in [-0.2, 0) is 11.3 Å². The average Bonchev–Trinajstić information content (AvgIpc) is 3.14. The zero-order chi connectivity index (χ0) is 21.2. The average molecular weight is 441 g/mol. The van der Waals surface area contributed by atoms with E-state index in [1.165, 1.54) is 18.5 Å². The van der Waals surface area contributed by atoms with Gasteiger partial charge in [-0.25, -0.2) is 19.3 Å². The summed E-state index contributed by atoms with van der Waals surface area (Å²) in [6.45, 7) is 1.69. The number of nitrogens with zero attached hydrogens (tertiary/aromatic N) is 3. The second kappa shape index (κ2) is 8.37. The molecule has 4 aromatic rings. The molecule has 0 spiro atoms. The fourth-order valence-corrected chi connectivity index (χ4v) is 3.21. The fourth-order valence-electron chi connectivity index (χ4n) is 3.11. The molecule has 3 heterocycles. The van der Waals surface area contributed by atoms with Crippen LogP contribution in [0, 0.1) is 5.82 Å². The number of H-pyrrole nitrogens is 1. The first kappa shape index (κ1) is 19.5. The zero-order valence-electron chi connectivity index (χ0n) is 16.2. The topological polar surface area (TPSA) is 97.0 Å². The Morgan fingerprint density at radius 2 is 2.00 bits per heavy atom. The number of aromatic nitrogens is 4. The van der Waals surface area contributed by atoms with Crippen LogP contribution >= 0.6 is 11.6 Å². The van der Waals surface area contributed by atoms with Gasteiger partial charge >= 0.3 is 6.01 Å². The number of ether oxygens (including phenoxy) is 2. The molecular formula is C21H18ClFN6O2. The van der Waals surface area contributed by atoms with Crippen LogP contribution in [0.3, 0.4) is 0 Å². The van der Waals surface area contributed by atoms with E-state index in [0.717, 1.165) is 29.9 Å². The van der Waals surface area contributed by atoms with E-state index in [4.69, 9.17) is 21.1 Å². The lowest BCUT2D eigenvalue weighted by atomic mass is 10.2. The summed E-state index contributed by atoms with van der Waals surface area (Å²) >= 11 is 5.74. The first-order chi connectivity index (χ1) is 15.1. The molecule has 0 atom stereocenters. The van der Waals surface area contributed by atoms with Gasteiger partial charge in [0.25, 0.3) is 0 Å². The van der Waals surface area contributed by atoms with Crippen molar-refractivity contribution < 1.29 is 13.9 Å². The van der Waals surface area contributed by atoms with Crippen molar-refractivity contribution in [2.24, 2.45) is 0 Å². The summed E-state index contributed by atoms with van der Waals surface area (Å²) in [5.41, 5.74) is 3.18. The van der Waals surface area contributed by atoms with Crippen LogP contribution in [0.25, 0.3) is 11.0 Å². The molecule has 158 valence electrons. The maximum Gasteiger partial charge on any atom is 0.321 e. The minimum Gasteiger partial charge on any atom is -0.424 e. The minimum atomic E-state index is -0.413. The molecule has 0 bridgehead atoms. The van der Waals surface area contributed by atoms with Gasteiger partial charge in [0.05, 0.1) is 47.7 Å². The Hall–Kier alpha value is -3.43. The number of nitrogens with one attached hydrogen (secondary N) is 3. The molecule has 2 aromatic heterocycles. The van der Waals surface area contributed by atoms with Crippen LogP contribution in [0.5, 0.6) is 11.8 Å². The number of rotatable bonds is 7. The Labute approximate surface area is 181 Å². The Balaban J connectivity index is 1.23. The summed E-state index contributed by atoms with van der Waals surface area (Å²) in [6.07, 6.45) is 2.82. The molecule has 8 nitrogen and oxygen atoms in total. The molecule has 31 heavy (non-hydrogen) atoms. The lowest BCUT2D eigenvalue weighted by molar-refractivity contribution is 0.0211. The maximum atomic E-state index is 14.5.